The molecule has 1 aliphatic heterocycles. The fourth-order valence-electron chi connectivity index (χ4n) is 0.827. The van der Waals surface area contributed by atoms with Gasteiger partial charge in [-0.2, -0.15) is 0 Å². The average Bonchev–Trinajstić information content (AvgIpc) is 2.13. The van der Waals surface area contributed by atoms with Gasteiger partial charge in [0.05, 0.1) is 12.2 Å². The molecule has 0 bridgehead atoms. The predicted molar refractivity (Wildman–Crippen MR) is 30.9 cm³/mol. The molecule has 0 amide bonds. The third-order valence-electron chi connectivity index (χ3n) is 1.35. The molecule has 0 aromatic heterocycles. The van der Waals surface area contributed by atoms with E-state index in [1.807, 2.05) is 0 Å². The Labute approximate surface area is 52.9 Å². The van der Waals surface area contributed by atoms with Crippen molar-refractivity contribution in [1.29, 1.82) is 0 Å². The molecule has 0 spiro atoms. The van der Waals surface area contributed by atoms with Crippen molar-refractivity contribution in [3.63, 3.8) is 0 Å². The van der Waals surface area contributed by atoms with Crippen molar-refractivity contribution in [2.45, 2.75) is 13.3 Å². The third kappa shape index (κ3) is 1.04. The second-order valence-electron chi connectivity index (χ2n) is 1.94. The summed E-state index contributed by atoms with van der Waals surface area (Å²) in [6.07, 6.45) is 0.543. The smallest absolute Gasteiger partial charge is 0.335 e. The first-order valence-electron chi connectivity index (χ1n) is 2.77. The average molecular weight is 128 g/mol. The first-order valence-corrected chi connectivity index (χ1v) is 2.77. The van der Waals surface area contributed by atoms with Gasteiger partial charge >= 0.3 is 5.97 Å². The molecule has 3 nitrogen and oxygen atoms in total. The number of carboxylic acids is 1. The van der Waals surface area contributed by atoms with Crippen LogP contribution in [0, 0.1) is 0 Å². The van der Waals surface area contributed by atoms with E-state index < -0.39 is 5.97 Å². The number of hydrogen-bond acceptors (Lipinski definition) is 2. The van der Waals surface area contributed by atoms with E-state index in [4.69, 9.17) is 9.84 Å². The Morgan fingerprint density at radius 2 is 2.44 bits per heavy atom. The molecule has 3 heteroatoms. The van der Waals surface area contributed by atoms with Crippen molar-refractivity contribution in [2.75, 3.05) is 6.61 Å². The van der Waals surface area contributed by atoms with Crippen LogP contribution in [0.4, 0.5) is 0 Å². The van der Waals surface area contributed by atoms with Gasteiger partial charge in [0.25, 0.3) is 0 Å². The van der Waals surface area contributed by atoms with Crippen molar-refractivity contribution in [3.05, 3.63) is 11.3 Å². The van der Waals surface area contributed by atoms with Gasteiger partial charge in [0.1, 0.15) is 5.76 Å². The minimum atomic E-state index is -0.856. The molecule has 1 N–H and O–H groups in total. The Morgan fingerprint density at radius 1 is 1.78 bits per heavy atom. The molecule has 50 valence electrons. The first kappa shape index (κ1) is 6.13. The van der Waals surface area contributed by atoms with Crippen LogP contribution in [0.15, 0.2) is 11.3 Å². The number of allylic oxidation sites excluding steroid dienone is 1. The number of carboxylic acid groups (broad SMARTS) is 1. The Kier molecular flexibility index (Phi) is 1.42. The zero-order chi connectivity index (χ0) is 6.85. The molecule has 1 aliphatic rings. The van der Waals surface area contributed by atoms with Gasteiger partial charge in [-0.3, -0.25) is 0 Å². The Hall–Kier alpha value is -0.990. The summed E-state index contributed by atoms with van der Waals surface area (Å²) in [6.45, 7) is 2.20. The van der Waals surface area contributed by atoms with Gasteiger partial charge in [0, 0.05) is 6.42 Å². The van der Waals surface area contributed by atoms with Crippen LogP contribution >= 0.6 is 0 Å². The van der Waals surface area contributed by atoms with E-state index in [1.54, 1.807) is 6.92 Å². The standard InChI is InChI=1S/C6H8O3/c1-4-5(6(7)8)2-3-9-4/h2-3H2,1H3,(H,7,8). The van der Waals surface area contributed by atoms with E-state index in [-0.39, 0.29) is 0 Å². The van der Waals surface area contributed by atoms with Crippen LogP contribution in [0.5, 0.6) is 0 Å². The molecule has 0 aliphatic carbocycles. The van der Waals surface area contributed by atoms with Crippen molar-refractivity contribution < 1.29 is 14.6 Å². The zero-order valence-corrected chi connectivity index (χ0v) is 5.18. The molecule has 0 atom stereocenters. The lowest BCUT2D eigenvalue weighted by Crippen LogP contribution is -1.98. The van der Waals surface area contributed by atoms with E-state index in [1.165, 1.54) is 0 Å². The molecule has 0 saturated heterocycles. The predicted octanol–water partition coefficient (Wildman–Crippen LogP) is 0.765. The van der Waals surface area contributed by atoms with Crippen molar-refractivity contribution >= 4 is 5.97 Å². The SMILES string of the molecule is CC1=C(C(=O)O)CCO1. The second-order valence-corrected chi connectivity index (χ2v) is 1.94. The number of rotatable bonds is 1. The highest BCUT2D eigenvalue weighted by Crippen LogP contribution is 2.17. The summed E-state index contributed by atoms with van der Waals surface area (Å²) < 4.78 is 4.93. The Bertz CT molecular complexity index is 169. The quantitative estimate of drug-likeness (QED) is 0.567. The zero-order valence-electron chi connectivity index (χ0n) is 5.18. The van der Waals surface area contributed by atoms with Crippen molar-refractivity contribution in [2.24, 2.45) is 0 Å². The maximum atomic E-state index is 10.3. The van der Waals surface area contributed by atoms with Crippen LogP contribution in [0.2, 0.25) is 0 Å². The molecule has 9 heavy (non-hydrogen) atoms. The van der Waals surface area contributed by atoms with E-state index in [2.05, 4.69) is 0 Å². The maximum absolute atomic E-state index is 10.3. The minimum absolute atomic E-state index is 0.412. The maximum Gasteiger partial charge on any atom is 0.335 e. The first-order chi connectivity index (χ1) is 4.22. The molecule has 0 unspecified atom stereocenters. The van der Waals surface area contributed by atoms with Gasteiger partial charge in [-0.05, 0) is 6.92 Å². The Morgan fingerprint density at radius 3 is 2.67 bits per heavy atom. The Balaban J connectivity index is 2.78. The van der Waals surface area contributed by atoms with E-state index in [9.17, 15) is 4.79 Å². The number of ether oxygens (including phenoxy) is 1. The van der Waals surface area contributed by atoms with Gasteiger partial charge in [-0.15, -0.1) is 0 Å². The molecule has 0 aromatic carbocycles. The van der Waals surface area contributed by atoms with Crippen LogP contribution in [-0.2, 0) is 9.53 Å². The van der Waals surface area contributed by atoms with Crippen LogP contribution in [0.25, 0.3) is 0 Å². The van der Waals surface area contributed by atoms with Crippen LogP contribution in [-0.4, -0.2) is 17.7 Å². The summed E-state index contributed by atoms with van der Waals surface area (Å²) >= 11 is 0. The highest BCUT2D eigenvalue weighted by Gasteiger charge is 2.17. The van der Waals surface area contributed by atoms with Crippen molar-refractivity contribution in [1.82, 2.24) is 0 Å². The molecule has 0 saturated carbocycles. The topological polar surface area (TPSA) is 46.5 Å². The normalized spacial score (nSPS) is 17.9. The van der Waals surface area contributed by atoms with Gasteiger partial charge in [-0.25, -0.2) is 4.79 Å². The molecular weight excluding hydrogens is 120 g/mol. The highest BCUT2D eigenvalue weighted by molar-refractivity contribution is 5.87. The molecule has 1 heterocycles. The lowest BCUT2D eigenvalue weighted by Gasteiger charge is -1.92. The minimum Gasteiger partial charge on any atom is -0.497 e. The van der Waals surface area contributed by atoms with Gasteiger partial charge in [-0.1, -0.05) is 0 Å². The molecular formula is C6H8O3. The largest absolute Gasteiger partial charge is 0.497 e. The molecule has 0 radical (unpaired) electrons. The summed E-state index contributed by atoms with van der Waals surface area (Å²) in [5.74, 6) is -0.299. The number of hydrogen-bond donors (Lipinski definition) is 1. The van der Waals surface area contributed by atoms with E-state index in [0.717, 1.165) is 0 Å². The third-order valence-corrected chi connectivity index (χ3v) is 1.35. The fourth-order valence-corrected chi connectivity index (χ4v) is 0.827. The number of aliphatic carboxylic acids is 1. The van der Waals surface area contributed by atoms with Crippen LogP contribution in [0.3, 0.4) is 0 Å². The summed E-state index contributed by atoms with van der Waals surface area (Å²) in [7, 11) is 0. The highest BCUT2D eigenvalue weighted by atomic mass is 16.5. The summed E-state index contributed by atoms with van der Waals surface area (Å²) in [5.41, 5.74) is 0.412. The van der Waals surface area contributed by atoms with E-state index in [0.29, 0.717) is 24.4 Å². The monoisotopic (exact) mass is 128 g/mol. The molecule has 0 aromatic rings. The van der Waals surface area contributed by atoms with Crippen LogP contribution < -0.4 is 0 Å². The van der Waals surface area contributed by atoms with Crippen LogP contribution in [0.1, 0.15) is 13.3 Å². The van der Waals surface area contributed by atoms with Crippen molar-refractivity contribution in [3.8, 4) is 0 Å². The van der Waals surface area contributed by atoms with Gasteiger partial charge in [0.2, 0.25) is 0 Å². The lowest BCUT2D eigenvalue weighted by atomic mass is 10.2. The van der Waals surface area contributed by atoms with Gasteiger partial charge < -0.3 is 9.84 Å². The van der Waals surface area contributed by atoms with Gasteiger partial charge in [0.15, 0.2) is 0 Å². The molecule has 0 fully saturated rings. The fraction of sp³-hybridized carbons (Fsp3) is 0.500. The summed E-state index contributed by atoms with van der Waals surface area (Å²) in [4.78, 5) is 10.3. The molecule has 1 rings (SSSR count). The second kappa shape index (κ2) is 2.09. The lowest BCUT2D eigenvalue weighted by molar-refractivity contribution is -0.132. The van der Waals surface area contributed by atoms with E-state index >= 15 is 0 Å². The number of carbonyl (C=O) groups is 1. The summed E-state index contributed by atoms with van der Waals surface area (Å²) in [5, 5.41) is 8.45. The summed E-state index contributed by atoms with van der Waals surface area (Å²) in [6, 6.07) is 0.